The normalized spacial score (nSPS) is 22.3. The van der Waals surface area contributed by atoms with E-state index in [0.29, 0.717) is 0 Å². The standard InChI is InChI=1S/C8H18ClOP/c1-5-7(3)11(9,10)8(4)6-2/h7-8H,5-6H2,1-4H3. The van der Waals surface area contributed by atoms with E-state index < -0.39 is 6.49 Å². The van der Waals surface area contributed by atoms with E-state index in [1.807, 2.05) is 27.7 Å². The average Bonchev–Trinajstić information content (AvgIpc) is 2.01. The topological polar surface area (TPSA) is 17.1 Å². The van der Waals surface area contributed by atoms with Gasteiger partial charge in [-0.2, -0.15) is 0 Å². The van der Waals surface area contributed by atoms with Crippen LogP contribution in [0.5, 0.6) is 0 Å². The van der Waals surface area contributed by atoms with Crippen molar-refractivity contribution in [2.24, 2.45) is 0 Å². The molecule has 0 aromatic heterocycles. The molecule has 2 unspecified atom stereocenters. The lowest BCUT2D eigenvalue weighted by molar-refractivity contribution is 0.564. The van der Waals surface area contributed by atoms with Gasteiger partial charge in [0.05, 0.1) is 0 Å². The van der Waals surface area contributed by atoms with Gasteiger partial charge in [-0.15, -0.1) is 0 Å². The first-order chi connectivity index (χ1) is 4.96. The highest BCUT2D eigenvalue weighted by atomic mass is 35.7. The highest BCUT2D eigenvalue weighted by Crippen LogP contribution is 2.61. The zero-order chi connectivity index (χ0) is 9.07. The van der Waals surface area contributed by atoms with Crippen molar-refractivity contribution in [2.75, 3.05) is 0 Å². The molecule has 0 saturated carbocycles. The van der Waals surface area contributed by atoms with Gasteiger partial charge in [0, 0.05) is 11.3 Å². The number of halogens is 1. The second-order valence-electron chi connectivity index (χ2n) is 3.14. The Morgan fingerprint density at radius 1 is 1.18 bits per heavy atom. The molecule has 0 rings (SSSR count). The summed E-state index contributed by atoms with van der Waals surface area (Å²) >= 11 is 5.99. The Bertz CT molecular complexity index is 144. The van der Waals surface area contributed by atoms with Gasteiger partial charge in [-0.1, -0.05) is 38.9 Å². The molecule has 0 heterocycles. The van der Waals surface area contributed by atoms with Gasteiger partial charge in [0.2, 0.25) is 0 Å². The van der Waals surface area contributed by atoms with Gasteiger partial charge in [0.25, 0.3) is 0 Å². The molecule has 0 fully saturated rings. The fraction of sp³-hybridized carbons (Fsp3) is 1.00. The van der Waals surface area contributed by atoms with Crippen molar-refractivity contribution < 1.29 is 4.57 Å². The van der Waals surface area contributed by atoms with E-state index in [9.17, 15) is 4.57 Å². The van der Waals surface area contributed by atoms with Gasteiger partial charge in [-0.25, -0.2) is 0 Å². The third-order valence-electron chi connectivity index (χ3n) is 2.38. The molecule has 0 radical (unpaired) electrons. The summed E-state index contributed by atoms with van der Waals surface area (Å²) in [5.41, 5.74) is 0.332. The molecule has 0 aromatic rings. The highest BCUT2D eigenvalue weighted by Gasteiger charge is 2.30. The first-order valence-electron chi connectivity index (χ1n) is 4.25. The molecule has 0 N–H and O–H groups in total. The second-order valence-corrected chi connectivity index (χ2v) is 7.73. The molecule has 0 aliphatic carbocycles. The zero-order valence-corrected chi connectivity index (χ0v) is 9.45. The van der Waals surface area contributed by atoms with Crippen LogP contribution in [0.15, 0.2) is 0 Å². The minimum atomic E-state index is -2.40. The van der Waals surface area contributed by atoms with Crippen LogP contribution in [-0.4, -0.2) is 11.3 Å². The SMILES string of the molecule is CCC(C)P(=O)(Cl)C(C)CC. The van der Waals surface area contributed by atoms with E-state index in [2.05, 4.69) is 0 Å². The second kappa shape index (κ2) is 4.52. The maximum atomic E-state index is 11.8. The maximum absolute atomic E-state index is 11.8. The van der Waals surface area contributed by atoms with Crippen molar-refractivity contribution in [3.05, 3.63) is 0 Å². The zero-order valence-electron chi connectivity index (χ0n) is 7.80. The van der Waals surface area contributed by atoms with Crippen molar-refractivity contribution in [1.82, 2.24) is 0 Å². The number of rotatable bonds is 4. The quantitative estimate of drug-likeness (QED) is 0.619. The van der Waals surface area contributed by atoms with Crippen molar-refractivity contribution in [1.29, 1.82) is 0 Å². The van der Waals surface area contributed by atoms with Gasteiger partial charge in [-0.05, 0) is 12.8 Å². The summed E-state index contributed by atoms with van der Waals surface area (Å²) in [5, 5.41) is 0. The largest absolute Gasteiger partial charge is 0.306 e. The Hall–Kier alpha value is 0.520. The van der Waals surface area contributed by atoms with E-state index >= 15 is 0 Å². The van der Waals surface area contributed by atoms with E-state index in [1.165, 1.54) is 0 Å². The smallest absolute Gasteiger partial charge is 0.174 e. The molecule has 0 aromatic carbocycles. The van der Waals surface area contributed by atoms with Crippen molar-refractivity contribution in [2.45, 2.75) is 51.9 Å². The van der Waals surface area contributed by atoms with Gasteiger partial charge in [0.1, 0.15) is 0 Å². The van der Waals surface area contributed by atoms with Crippen LogP contribution in [0.2, 0.25) is 0 Å². The maximum Gasteiger partial charge on any atom is 0.174 e. The number of hydrogen-bond donors (Lipinski definition) is 0. The summed E-state index contributed by atoms with van der Waals surface area (Å²) < 4.78 is 11.8. The molecule has 0 aliphatic rings. The Morgan fingerprint density at radius 3 is 1.64 bits per heavy atom. The third-order valence-corrected chi connectivity index (χ3v) is 7.52. The van der Waals surface area contributed by atoms with Crippen LogP contribution in [0, 0.1) is 0 Å². The predicted octanol–water partition coefficient (Wildman–Crippen LogP) is 4.10. The average molecular weight is 197 g/mol. The summed E-state index contributed by atoms with van der Waals surface area (Å²) in [6.07, 6.45) is 1.82. The van der Waals surface area contributed by atoms with Gasteiger partial charge >= 0.3 is 0 Å². The minimum absolute atomic E-state index is 0.166. The summed E-state index contributed by atoms with van der Waals surface area (Å²) in [6, 6.07) is 0. The van der Waals surface area contributed by atoms with Crippen LogP contribution in [0.4, 0.5) is 0 Å². The molecule has 2 atom stereocenters. The Kier molecular flexibility index (Phi) is 4.74. The molecule has 1 nitrogen and oxygen atoms in total. The summed E-state index contributed by atoms with van der Waals surface area (Å²) in [6.45, 7) is 5.60. The van der Waals surface area contributed by atoms with E-state index in [0.717, 1.165) is 12.8 Å². The Labute approximate surface area is 74.7 Å². The molecule has 0 amide bonds. The molecule has 0 spiro atoms. The van der Waals surface area contributed by atoms with Crippen LogP contribution < -0.4 is 0 Å². The van der Waals surface area contributed by atoms with Crippen LogP contribution in [0.1, 0.15) is 40.5 Å². The van der Waals surface area contributed by atoms with Gasteiger partial charge < -0.3 is 4.57 Å². The molecule has 11 heavy (non-hydrogen) atoms. The lowest BCUT2D eigenvalue weighted by atomic mass is 10.4. The molecule has 0 bridgehead atoms. The lowest BCUT2D eigenvalue weighted by Gasteiger charge is -2.22. The first-order valence-corrected chi connectivity index (χ1v) is 7.00. The first kappa shape index (κ1) is 11.5. The Balaban J connectivity index is 4.32. The van der Waals surface area contributed by atoms with Gasteiger partial charge in [0.15, 0.2) is 6.49 Å². The van der Waals surface area contributed by atoms with E-state index in [4.69, 9.17) is 11.2 Å². The van der Waals surface area contributed by atoms with Crippen LogP contribution in [-0.2, 0) is 4.57 Å². The fourth-order valence-corrected chi connectivity index (χ4v) is 3.63. The highest BCUT2D eigenvalue weighted by molar-refractivity contribution is 7.90. The molecule has 3 heteroatoms. The predicted molar refractivity (Wildman–Crippen MR) is 53.0 cm³/mol. The van der Waals surface area contributed by atoms with Crippen LogP contribution >= 0.6 is 17.7 Å². The third kappa shape index (κ3) is 2.80. The monoisotopic (exact) mass is 196 g/mol. The van der Waals surface area contributed by atoms with Crippen molar-refractivity contribution in [3.63, 3.8) is 0 Å². The fourth-order valence-electron chi connectivity index (χ4n) is 0.932. The Morgan fingerprint density at radius 2 is 1.45 bits per heavy atom. The van der Waals surface area contributed by atoms with Crippen LogP contribution in [0.3, 0.4) is 0 Å². The van der Waals surface area contributed by atoms with E-state index in [1.54, 1.807) is 0 Å². The summed E-state index contributed by atoms with van der Waals surface area (Å²) in [7, 11) is 0. The number of hydrogen-bond acceptors (Lipinski definition) is 1. The van der Waals surface area contributed by atoms with Gasteiger partial charge in [-0.3, -0.25) is 0 Å². The molecule has 68 valence electrons. The van der Waals surface area contributed by atoms with Crippen molar-refractivity contribution >= 4 is 17.7 Å². The summed E-state index contributed by atoms with van der Waals surface area (Å²) in [5.74, 6) is 0. The lowest BCUT2D eigenvalue weighted by Crippen LogP contribution is -2.08. The van der Waals surface area contributed by atoms with Crippen LogP contribution in [0.25, 0.3) is 0 Å². The molecular formula is C8H18ClOP. The molecule has 0 aliphatic heterocycles. The molecule has 0 saturated heterocycles. The van der Waals surface area contributed by atoms with E-state index in [-0.39, 0.29) is 11.3 Å². The summed E-state index contributed by atoms with van der Waals surface area (Å²) in [4.78, 5) is 0. The van der Waals surface area contributed by atoms with Crippen molar-refractivity contribution in [3.8, 4) is 0 Å². The molecular weight excluding hydrogens is 179 g/mol. The minimum Gasteiger partial charge on any atom is -0.306 e.